The maximum Gasteiger partial charge on any atom is 0.259 e. The van der Waals surface area contributed by atoms with Gasteiger partial charge >= 0.3 is 0 Å². The van der Waals surface area contributed by atoms with Crippen LogP contribution in [0.25, 0.3) is 0 Å². The molecule has 132 valence electrons. The van der Waals surface area contributed by atoms with Crippen molar-refractivity contribution in [2.75, 3.05) is 38.2 Å². The molecule has 1 atom stereocenters. The van der Waals surface area contributed by atoms with Crippen LogP contribution in [-0.4, -0.2) is 65.8 Å². The average Bonchev–Trinajstić information content (AvgIpc) is 2.58. The van der Waals surface area contributed by atoms with Crippen molar-refractivity contribution in [1.29, 1.82) is 0 Å². The minimum atomic E-state index is -0.877. The van der Waals surface area contributed by atoms with Gasteiger partial charge in [0.25, 0.3) is 5.91 Å². The Morgan fingerprint density at radius 1 is 1.17 bits per heavy atom. The van der Waals surface area contributed by atoms with Gasteiger partial charge in [0.2, 0.25) is 5.91 Å². The number of carbonyl (C=O) groups excluding carboxylic acids is 2. The molecular weight excluding hydrogens is 336 g/mol. The molecular formula is C16H21F2N3O2S. The lowest BCUT2D eigenvalue weighted by Gasteiger charge is -2.36. The van der Waals surface area contributed by atoms with Gasteiger partial charge in [-0.15, -0.1) is 0 Å². The number of nitrogens with zero attached hydrogens (tertiary/aromatic N) is 2. The molecule has 1 aromatic carbocycles. The monoisotopic (exact) mass is 357 g/mol. The highest BCUT2D eigenvalue weighted by Gasteiger charge is 2.29. The molecule has 1 saturated heterocycles. The summed E-state index contributed by atoms with van der Waals surface area (Å²) >= 11 is 1.62. The molecule has 2 rings (SSSR count). The summed E-state index contributed by atoms with van der Waals surface area (Å²) in [7, 11) is 0. The minimum absolute atomic E-state index is 0.145. The molecule has 1 aliphatic heterocycles. The Morgan fingerprint density at radius 3 is 2.25 bits per heavy atom. The van der Waals surface area contributed by atoms with Gasteiger partial charge in [-0.1, -0.05) is 6.07 Å². The third-order valence-corrected chi connectivity index (χ3v) is 4.65. The number of rotatable bonds is 5. The molecule has 0 radical (unpaired) electrons. The van der Waals surface area contributed by atoms with Crippen molar-refractivity contribution in [3.8, 4) is 0 Å². The van der Waals surface area contributed by atoms with Crippen LogP contribution in [0, 0.1) is 11.6 Å². The maximum atomic E-state index is 13.7. The van der Waals surface area contributed by atoms with Gasteiger partial charge in [0, 0.05) is 26.2 Å². The van der Waals surface area contributed by atoms with Gasteiger partial charge in [-0.05, 0) is 30.6 Å². The molecule has 1 heterocycles. The van der Waals surface area contributed by atoms with Crippen LogP contribution in [0.3, 0.4) is 0 Å². The summed E-state index contributed by atoms with van der Waals surface area (Å²) in [6, 6.07) is 2.78. The van der Waals surface area contributed by atoms with Gasteiger partial charge in [-0.2, -0.15) is 11.8 Å². The van der Waals surface area contributed by atoms with Crippen LogP contribution in [-0.2, 0) is 4.79 Å². The lowest BCUT2D eigenvalue weighted by molar-refractivity contribution is -0.134. The predicted octanol–water partition coefficient (Wildman–Crippen LogP) is 1.33. The van der Waals surface area contributed by atoms with E-state index in [2.05, 4.69) is 0 Å². The Hall–Kier alpha value is -1.67. The highest BCUT2D eigenvalue weighted by Crippen LogP contribution is 2.16. The molecule has 24 heavy (non-hydrogen) atoms. The van der Waals surface area contributed by atoms with E-state index in [4.69, 9.17) is 5.73 Å². The summed E-state index contributed by atoms with van der Waals surface area (Å²) in [5.41, 5.74) is 5.33. The van der Waals surface area contributed by atoms with Crippen molar-refractivity contribution in [1.82, 2.24) is 9.80 Å². The summed E-state index contributed by atoms with van der Waals surface area (Å²) in [5, 5.41) is 0. The fraction of sp³-hybridized carbons (Fsp3) is 0.500. The van der Waals surface area contributed by atoms with Crippen LogP contribution < -0.4 is 5.73 Å². The molecule has 0 aliphatic carbocycles. The van der Waals surface area contributed by atoms with Crippen LogP contribution in [0.15, 0.2) is 18.2 Å². The highest BCUT2D eigenvalue weighted by atomic mass is 32.2. The second-order valence-corrected chi connectivity index (χ2v) is 6.59. The van der Waals surface area contributed by atoms with Crippen LogP contribution in [0.1, 0.15) is 16.8 Å². The van der Waals surface area contributed by atoms with Crippen molar-refractivity contribution >= 4 is 23.6 Å². The summed E-state index contributed by atoms with van der Waals surface area (Å²) in [6.07, 6.45) is 2.54. The predicted molar refractivity (Wildman–Crippen MR) is 89.8 cm³/mol. The minimum Gasteiger partial charge on any atom is -0.338 e. The molecule has 1 fully saturated rings. The highest BCUT2D eigenvalue weighted by molar-refractivity contribution is 7.98. The lowest BCUT2D eigenvalue weighted by atomic mass is 10.1. The van der Waals surface area contributed by atoms with E-state index in [-0.39, 0.29) is 19.0 Å². The third kappa shape index (κ3) is 4.24. The standard InChI is InChI=1S/C16H21F2N3O2S/c1-24-10-5-13(19)15(22)20-6-8-21(9-7-20)16(23)14-11(17)3-2-4-12(14)18/h2-4,13H,5-10,19H2,1H3/t13-/m0/s1. The fourth-order valence-electron chi connectivity index (χ4n) is 2.59. The first-order chi connectivity index (χ1) is 11.5. The van der Waals surface area contributed by atoms with E-state index in [9.17, 15) is 18.4 Å². The van der Waals surface area contributed by atoms with Gasteiger partial charge in [0.1, 0.15) is 17.2 Å². The molecule has 5 nitrogen and oxygen atoms in total. The van der Waals surface area contributed by atoms with E-state index < -0.39 is 29.1 Å². The summed E-state index contributed by atoms with van der Waals surface area (Å²) in [5.74, 6) is -1.79. The number of hydrogen-bond acceptors (Lipinski definition) is 4. The maximum absolute atomic E-state index is 13.7. The second kappa shape index (κ2) is 8.43. The zero-order valence-corrected chi connectivity index (χ0v) is 14.3. The molecule has 0 bridgehead atoms. The molecule has 1 aromatic rings. The molecule has 1 aliphatic rings. The SMILES string of the molecule is CSCC[C@H](N)C(=O)N1CCN(C(=O)c2c(F)cccc2F)CC1. The Bertz CT molecular complexity index is 587. The Labute approximate surface area is 144 Å². The van der Waals surface area contributed by atoms with E-state index in [0.717, 1.165) is 17.9 Å². The Kier molecular flexibility index (Phi) is 6.56. The first kappa shape index (κ1) is 18.7. The first-order valence-electron chi connectivity index (χ1n) is 7.72. The number of amides is 2. The summed E-state index contributed by atoms with van der Waals surface area (Å²) in [4.78, 5) is 27.5. The number of thioether (sulfide) groups is 1. The molecule has 2 N–H and O–H groups in total. The van der Waals surface area contributed by atoms with Crippen LogP contribution in [0.5, 0.6) is 0 Å². The van der Waals surface area contributed by atoms with E-state index in [1.54, 1.807) is 16.7 Å². The van der Waals surface area contributed by atoms with Crippen LogP contribution in [0.4, 0.5) is 8.78 Å². The first-order valence-corrected chi connectivity index (χ1v) is 9.11. The smallest absolute Gasteiger partial charge is 0.259 e. The van der Waals surface area contributed by atoms with Crippen molar-refractivity contribution < 1.29 is 18.4 Å². The van der Waals surface area contributed by atoms with Crippen molar-refractivity contribution in [3.05, 3.63) is 35.4 Å². The van der Waals surface area contributed by atoms with E-state index in [1.807, 2.05) is 6.26 Å². The van der Waals surface area contributed by atoms with Crippen LogP contribution >= 0.6 is 11.8 Å². The van der Waals surface area contributed by atoms with Gasteiger partial charge in [-0.25, -0.2) is 8.78 Å². The molecule has 0 aromatic heterocycles. The number of nitrogens with two attached hydrogens (primary N) is 1. The fourth-order valence-corrected chi connectivity index (χ4v) is 3.08. The van der Waals surface area contributed by atoms with Gasteiger partial charge in [-0.3, -0.25) is 9.59 Å². The molecule has 2 amide bonds. The number of halogens is 2. The molecule has 0 saturated carbocycles. The van der Waals surface area contributed by atoms with Gasteiger partial charge in [0.15, 0.2) is 0 Å². The van der Waals surface area contributed by atoms with Crippen LogP contribution in [0.2, 0.25) is 0 Å². The summed E-state index contributed by atoms with van der Waals surface area (Å²) in [6.45, 7) is 1.09. The van der Waals surface area contributed by atoms with Crippen molar-refractivity contribution in [2.45, 2.75) is 12.5 Å². The topological polar surface area (TPSA) is 66.6 Å². The Balaban J connectivity index is 1.95. The molecule has 8 heteroatoms. The summed E-state index contributed by atoms with van der Waals surface area (Å²) < 4.78 is 27.4. The second-order valence-electron chi connectivity index (χ2n) is 5.60. The third-order valence-electron chi connectivity index (χ3n) is 4.01. The number of hydrogen-bond donors (Lipinski definition) is 1. The van der Waals surface area contributed by atoms with Gasteiger partial charge < -0.3 is 15.5 Å². The largest absolute Gasteiger partial charge is 0.338 e. The number of piperazine rings is 1. The van der Waals surface area contributed by atoms with E-state index >= 15 is 0 Å². The average molecular weight is 357 g/mol. The molecule has 0 unspecified atom stereocenters. The Morgan fingerprint density at radius 2 is 1.71 bits per heavy atom. The normalized spacial score (nSPS) is 16.2. The van der Waals surface area contributed by atoms with E-state index in [0.29, 0.717) is 19.5 Å². The molecule has 0 spiro atoms. The van der Waals surface area contributed by atoms with Gasteiger partial charge in [0.05, 0.1) is 6.04 Å². The number of benzene rings is 1. The van der Waals surface area contributed by atoms with Crippen molar-refractivity contribution in [2.24, 2.45) is 5.73 Å². The van der Waals surface area contributed by atoms with E-state index in [1.165, 1.54) is 11.0 Å². The zero-order valence-electron chi connectivity index (χ0n) is 13.5. The number of carbonyl (C=O) groups is 2. The van der Waals surface area contributed by atoms with Crippen molar-refractivity contribution in [3.63, 3.8) is 0 Å². The quantitative estimate of drug-likeness (QED) is 0.863. The zero-order chi connectivity index (χ0) is 17.7. The lowest BCUT2D eigenvalue weighted by Crippen LogP contribution is -2.54.